The van der Waals surface area contributed by atoms with Gasteiger partial charge in [0.05, 0.1) is 24.0 Å². The van der Waals surface area contributed by atoms with Gasteiger partial charge in [-0.1, -0.05) is 0 Å². The van der Waals surface area contributed by atoms with E-state index in [1.54, 1.807) is 23.4 Å². The van der Waals surface area contributed by atoms with Crippen LogP contribution < -0.4 is 5.32 Å². The van der Waals surface area contributed by atoms with E-state index in [-0.39, 0.29) is 12.5 Å². The van der Waals surface area contributed by atoms with Gasteiger partial charge in [0.2, 0.25) is 5.91 Å². The van der Waals surface area contributed by atoms with Crippen molar-refractivity contribution in [3.8, 4) is 6.07 Å². The average Bonchev–Trinajstić information content (AvgIpc) is 2.38. The molecule has 1 aromatic heterocycles. The van der Waals surface area contributed by atoms with Crippen molar-refractivity contribution in [3.63, 3.8) is 0 Å². The van der Waals surface area contributed by atoms with Crippen LogP contribution in [0.25, 0.3) is 0 Å². The highest BCUT2D eigenvalue weighted by molar-refractivity contribution is 5.81. The summed E-state index contributed by atoms with van der Waals surface area (Å²) >= 11 is 0. The summed E-state index contributed by atoms with van der Waals surface area (Å²) < 4.78 is 0. The van der Waals surface area contributed by atoms with Gasteiger partial charge in [-0.2, -0.15) is 5.26 Å². The topological polar surface area (TPSA) is 69.0 Å². The van der Waals surface area contributed by atoms with Gasteiger partial charge in [0, 0.05) is 19.3 Å². The van der Waals surface area contributed by atoms with Crippen LogP contribution in [0.3, 0.4) is 0 Å². The molecule has 0 aliphatic heterocycles. The number of carbonyl (C=O) groups excluding carboxylic acids is 1. The van der Waals surface area contributed by atoms with Crippen LogP contribution in [0.5, 0.6) is 0 Å². The molecule has 17 heavy (non-hydrogen) atoms. The zero-order valence-electron chi connectivity index (χ0n) is 10.1. The summed E-state index contributed by atoms with van der Waals surface area (Å²) in [6.45, 7) is 5.44. The van der Waals surface area contributed by atoms with Gasteiger partial charge in [0.15, 0.2) is 0 Å². The minimum Gasteiger partial charge on any atom is -0.374 e. The van der Waals surface area contributed by atoms with Crippen LogP contribution in [-0.4, -0.2) is 35.4 Å². The fourth-order valence-electron chi connectivity index (χ4n) is 1.49. The summed E-state index contributed by atoms with van der Waals surface area (Å²) in [7, 11) is 0. The first kappa shape index (κ1) is 13.0. The Balaban J connectivity index is 2.62. The zero-order chi connectivity index (χ0) is 12.7. The lowest BCUT2D eigenvalue weighted by atomic mass is 10.2. The van der Waals surface area contributed by atoms with Gasteiger partial charge < -0.3 is 10.2 Å². The van der Waals surface area contributed by atoms with E-state index in [2.05, 4.69) is 10.3 Å². The fraction of sp³-hybridized carbons (Fsp3) is 0.417. The van der Waals surface area contributed by atoms with Crippen molar-refractivity contribution in [1.82, 2.24) is 9.88 Å². The number of nitrogens with zero attached hydrogens (tertiary/aromatic N) is 3. The average molecular weight is 232 g/mol. The van der Waals surface area contributed by atoms with E-state index in [1.807, 2.05) is 19.9 Å². The quantitative estimate of drug-likeness (QED) is 0.829. The van der Waals surface area contributed by atoms with Crippen LogP contribution in [0.2, 0.25) is 0 Å². The molecule has 0 saturated carbocycles. The molecule has 1 rings (SSSR count). The number of nitrogens with one attached hydrogen (secondary N) is 1. The highest BCUT2D eigenvalue weighted by Gasteiger charge is 2.09. The third-order valence-corrected chi connectivity index (χ3v) is 2.49. The Kier molecular flexibility index (Phi) is 4.95. The number of hydrogen-bond donors (Lipinski definition) is 1. The molecule has 5 nitrogen and oxygen atoms in total. The first-order chi connectivity index (χ1) is 8.22. The lowest BCUT2D eigenvalue weighted by molar-refractivity contribution is -0.128. The lowest BCUT2D eigenvalue weighted by Gasteiger charge is -2.19. The zero-order valence-corrected chi connectivity index (χ0v) is 10.1. The first-order valence-corrected chi connectivity index (χ1v) is 5.58. The molecular formula is C12H16N4O. The van der Waals surface area contributed by atoms with E-state index in [9.17, 15) is 4.79 Å². The van der Waals surface area contributed by atoms with E-state index < -0.39 is 0 Å². The normalized spacial score (nSPS) is 9.47. The first-order valence-electron chi connectivity index (χ1n) is 5.58. The largest absolute Gasteiger partial charge is 0.374 e. The summed E-state index contributed by atoms with van der Waals surface area (Å²) in [6, 6.07) is 3.66. The summed E-state index contributed by atoms with van der Waals surface area (Å²) in [5.74, 6) is 0.0164. The van der Waals surface area contributed by atoms with Crippen molar-refractivity contribution >= 4 is 11.6 Å². The molecule has 0 unspecified atom stereocenters. The van der Waals surface area contributed by atoms with Gasteiger partial charge >= 0.3 is 0 Å². The second-order valence-corrected chi connectivity index (χ2v) is 3.45. The van der Waals surface area contributed by atoms with Crippen molar-refractivity contribution in [3.05, 3.63) is 24.0 Å². The molecule has 90 valence electrons. The van der Waals surface area contributed by atoms with E-state index >= 15 is 0 Å². The number of aromatic nitrogens is 1. The molecule has 1 amide bonds. The highest BCUT2D eigenvalue weighted by atomic mass is 16.2. The predicted octanol–water partition coefficient (Wildman–Crippen LogP) is 1.23. The third-order valence-electron chi connectivity index (χ3n) is 2.49. The van der Waals surface area contributed by atoms with Crippen molar-refractivity contribution in [2.75, 3.05) is 25.0 Å². The van der Waals surface area contributed by atoms with Gasteiger partial charge in [-0.25, -0.2) is 0 Å². The molecule has 0 fully saturated rings. The maximum absolute atomic E-state index is 11.7. The number of likely N-dealkylation sites (N-methyl/N-ethyl adjacent to an activating group) is 1. The molecule has 5 heteroatoms. The number of nitriles is 1. The molecule has 1 aromatic rings. The highest BCUT2D eigenvalue weighted by Crippen LogP contribution is 2.11. The number of carbonyl (C=O) groups is 1. The van der Waals surface area contributed by atoms with Gasteiger partial charge in [-0.3, -0.25) is 9.78 Å². The minimum absolute atomic E-state index is 0.0164. The second kappa shape index (κ2) is 6.48. The predicted molar refractivity (Wildman–Crippen MR) is 65.4 cm³/mol. The summed E-state index contributed by atoms with van der Waals surface area (Å²) in [5.41, 5.74) is 1.09. The van der Waals surface area contributed by atoms with Crippen molar-refractivity contribution in [2.24, 2.45) is 0 Å². The molecule has 0 saturated heterocycles. The number of rotatable bonds is 5. The Morgan fingerprint density at radius 1 is 1.53 bits per heavy atom. The van der Waals surface area contributed by atoms with Crippen LogP contribution in [0.15, 0.2) is 18.5 Å². The van der Waals surface area contributed by atoms with E-state index in [1.165, 1.54) is 0 Å². The van der Waals surface area contributed by atoms with Crippen molar-refractivity contribution in [2.45, 2.75) is 13.8 Å². The van der Waals surface area contributed by atoms with Crippen LogP contribution in [-0.2, 0) is 4.79 Å². The Hall–Kier alpha value is -2.09. The smallest absolute Gasteiger partial charge is 0.241 e. The monoisotopic (exact) mass is 232 g/mol. The fourth-order valence-corrected chi connectivity index (χ4v) is 1.49. The van der Waals surface area contributed by atoms with Gasteiger partial charge in [-0.15, -0.1) is 0 Å². The van der Waals surface area contributed by atoms with E-state index in [4.69, 9.17) is 5.26 Å². The van der Waals surface area contributed by atoms with Gasteiger partial charge in [0.1, 0.15) is 6.07 Å². The number of hydrogen-bond acceptors (Lipinski definition) is 4. The maximum atomic E-state index is 11.7. The van der Waals surface area contributed by atoms with Crippen LogP contribution >= 0.6 is 0 Å². The van der Waals surface area contributed by atoms with Crippen molar-refractivity contribution < 1.29 is 4.79 Å². The SMILES string of the molecule is CCN(CC)C(=O)CNc1cnccc1C#N. The number of anilines is 1. The molecule has 0 aliphatic rings. The summed E-state index contributed by atoms with van der Waals surface area (Å²) in [5, 5.41) is 11.8. The van der Waals surface area contributed by atoms with Gasteiger partial charge in [-0.05, 0) is 19.9 Å². The number of amides is 1. The number of pyridine rings is 1. The Morgan fingerprint density at radius 3 is 2.82 bits per heavy atom. The molecular weight excluding hydrogens is 216 g/mol. The summed E-state index contributed by atoms with van der Waals surface area (Å²) in [6.07, 6.45) is 3.10. The molecule has 0 aliphatic carbocycles. The molecule has 1 heterocycles. The van der Waals surface area contributed by atoms with Crippen LogP contribution in [0, 0.1) is 11.3 Å². The Morgan fingerprint density at radius 2 is 2.24 bits per heavy atom. The second-order valence-electron chi connectivity index (χ2n) is 3.45. The third kappa shape index (κ3) is 3.45. The molecule has 0 bridgehead atoms. The van der Waals surface area contributed by atoms with E-state index in [0.29, 0.717) is 24.3 Å². The molecule has 0 spiro atoms. The molecule has 0 radical (unpaired) electrons. The lowest BCUT2D eigenvalue weighted by Crippen LogP contribution is -2.35. The Bertz CT molecular complexity index is 421. The van der Waals surface area contributed by atoms with Crippen LogP contribution in [0.4, 0.5) is 5.69 Å². The maximum Gasteiger partial charge on any atom is 0.241 e. The minimum atomic E-state index is 0.0164. The molecule has 0 atom stereocenters. The summed E-state index contributed by atoms with van der Waals surface area (Å²) in [4.78, 5) is 17.4. The molecule has 1 N–H and O–H groups in total. The van der Waals surface area contributed by atoms with Gasteiger partial charge in [0.25, 0.3) is 0 Å². The van der Waals surface area contributed by atoms with Crippen molar-refractivity contribution in [1.29, 1.82) is 5.26 Å². The molecule has 0 aromatic carbocycles. The van der Waals surface area contributed by atoms with Crippen LogP contribution in [0.1, 0.15) is 19.4 Å². The standard InChI is InChI=1S/C12H16N4O/c1-3-16(4-2)12(17)9-15-11-8-14-6-5-10(11)7-13/h5-6,8,15H,3-4,9H2,1-2H3. The van der Waals surface area contributed by atoms with E-state index in [0.717, 1.165) is 0 Å². The Labute approximate surface area is 101 Å².